The smallest absolute Gasteiger partial charge is 0.310 e. The molecule has 0 bridgehead atoms. The van der Waals surface area contributed by atoms with Gasteiger partial charge in [-0.15, -0.1) is 0 Å². The number of carbonyl (C=O) groups excluding carboxylic acids is 1. The summed E-state index contributed by atoms with van der Waals surface area (Å²) in [4.78, 5) is 25.1. The van der Waals surface area contributed by atoms with E-state index in [9.17, 15) is 14.7 Å². The minimum absolute atomic E-state index is 0.0951. The lowest BCUT2D eigenvalue weighted by atomic mass is 9.71. The predicted molar refractivity (Wildman–Crippen MR) is 70.2 cm³/mol. The molecule has 0 atom stereocenters. The van der Waals surface area contributed by atoms with E-state index in [0.29, 0.717) is 19.4 Å². The van der Waals surface area contributed by atoms with Crippen molar-refractivity contribution in [3.05, 3.63) is 12.2 Å². The summed E-state index contributed by atoms with van der Waals surface area (Å²) in [6, 6.07) is 0. The summed E-state index contributed by atoms with van der Waals surface area (Å²) < 4.78 is 0. The van der Waals surface area contributed by atoms with Gasteiger partial charge in [0.05, 0.1) is 5.41 Å². The summed E-state index contributed by atoms with van der Waals surface area (Å²) in [5.41, 5.74) is 0.0671. The molecule has 102 valence electrons. The first-order valence-electron chi connectivity index (χ1n) is 6.49. The van der Waals surface area contributed by atoms with Crippen LogP contribution in [0.4, 0.5) is 0 Å². The van der Waals surface area contributed by atoms with Crippen LogP contribution in [0.15, 0.2) is 12.2 Å². The van der Waals surface area contributed by atoms with E-state index in [2.05, 4.69) is 6.58 Å². The van der Waals surface area contributed by atoms with Crippen molar-refractivity contribution in [3.8, 4) is 0 Å². The molecule has 18 heavy (non-hydrogen) atoms. The fraction of sp³-hybridized carbons (Fsp3) is 0.714. The monoisotopic (exact) mass is 253 g/mol. The third-order valence-electron chi connectivity index (χ3n) is 3.69. The molecule has 0 spiro atoms. The maximum Gasteiger partial charge on any atom is 0.310 e. The Balaban J connectivity index is 2.69. The number of hydrogen-bond donors (Lipinski definition) is 1. The van der Waals surface area contributed by atoms with Crippen LogP contribution in [0.1, 0.15) is 45.4 Å². The van der Waals surface area contributed by atoms with Crippen LogP contribution in [0.25, 0.3) is 0 Å². The van der Waals surface area contributed by atoms with Crippen molar-refractivity contribution < 1.29 is 14.7 Å². The highest BCUT2D eigenvalue weighted by atomic mass is 16.4. The molecule has 1 rings (SSSR count). The quantitative estimate of drug-likeness (QED) is 0.766. The zero-order valence-corrected chi connectivity index (χ0v) is 11.4. The standard InChI is InChI=1S/C14H23NO3/c1-11(2)10-15(3)12(16)9-14(13(17)18)7-5-4-6-8-14/h1,4-10H2,2-3H3,(H,17,18). The summed E-state index contributed by atoms with van der Waals surface area (Å²) in [6.07, 6.45) is 4.24. The van der Waals surface area contributed by atoms with E-state index in [4.69, 9.17) is 0 Å². The molecule has 0 unspecified atom stereocenters. The van der Waals surface area contributed by atoms with Gasteiger partial charge in [-0.05, 0) is 19.8 Å². The van der Waals surface area contributed by atoms with Crippen LogP contribution in [0.3, 0.4) is 0 Å². The number of amides is 1. The Labute approximate surface area is 109 Å². The molecule has 1 saturated carbocycles. The number of carbonyl (C=O) groups is 2. The largest absolute Gasteiger partial charge is 0.481 e. The third kappa shape index (κ3) is 3.59. The minimum atomic E-state index is -0.835. The molecule has 0 aromatic rings. The van der Waals surface area contributed by atoms with E-state index in [1.807, 2.05) is 6.92 Å². The van der Waals surface area contributed by atoms with E-state index in [1.165, 1.54) is 0 Å². The molecular weight excluding hydrogens is 230 g/mol. The molecular formula is C14H23NO3. The first-order chi connectivity index (χ1) is 8.37. The topological polar surface area (TPSA) is 57.6 Å². The highest BCUT2D eigenvalue weighted by molar-refractivity contribution is 5.85. The molecule has 0 radical (unpaired) electrons. The summed E-state index contributed by atoms with van der Waals surface area (Å²) in [5, 5.41) is 9.41. The van der Waals surface area contributed by atoms with Crippen molar-refractivity contribution >= 4 is 11.9 Å². The van der Waals surface area contributed by atoms with E-state index < -0.39 is 11.4 Å². The molecule has 4 nitrogen and oxygen atoms in total. The van der Waals surface area contributed by atoms with Crippen LogP contribution >= 0.6 is 0 Å². The minimum Gasteiger partial charge on any atom is -0.481 e. The Bertz CT molecular complexity index is 343. The van der Waals surface area contributed by atoms with Gasteiger partial charge >= 0.3 is 5.97 Å². The summed E-state index contributed by atoms with van der Waals surface area (Å²) >= 11 is 0. The van der Waals surface area contributed by atoms with Crippen LogP contribution in [-0.4, -0.2) is 35.5 Å². The van der Waals surface area contributed by atoms with Gasteiger partial charge in [0.25, 0.3) is 0 Å². The van der Waals surface area contributed by atoms with Gasteiger partial charge in [0.1, 0.15) is 0 Å². The van der Waals surface area contributed by atoms with Crippen LogP contribution in [0.5, 0.6) is 0 Å². The molecule has 0 saturated heterocycles. The van der Waals surface area contributed by atoms with Crippen molar-refractivity contribution in [2.45, 2.75) is 45.4 Å². The van der Waals surface area contributed by atoms with Gasteiger partial charge < -0.3 is 10.0 Å². The predicted octanol–water partition coefficient (Wildman–Crippen LogP) is 2.45. The number of carboxylic acid groups (broad SMARTS) is 1. The lowest BCUT2D eigenvalue weighted by Gasteiger charge is -2.33. The zero-order valence-electron chi connectivity index (χ0n) is 11.4. The van der Waals surface area contributed by atoms with Crippen LogP contribution in [-0.2, 0) is 9.59 Å². The molecule has 4 heteroatoms. The Kier molecular flexibility index (Phi) is 4.93. The van der Waals surface area contributed by atoms with E-state index in [1.54, 1.807) is 11.9 Å². The number of rotatable bonds is 5. The number of aliphatic carboxylic acids is 1. The molecule has 1 amide bonds. The average Bonchev–Trinajstić information content (AvgIpc) is 2.29. The van der Waals surface area contributed by atoms with Crippen molar-refractivity contribution in [1.29, 1.82) is 0 Å². The van der Waals surface area contributed by atoms with E-state index >= 15 is 0 Å². The van der Waals surface area contributed by atoms with Crippen LogP contribution in [0.2, 0.25) is 0 Å². The normalized spacial score (nSPS) is 18.1. The lowest BCUT2D eigenvalue weighted by molar-refractivity contribution is -0.155. The zero-order chi connectivity index (χ0) is 13.8. The van der Waals surface area contributed by atoms with Gasteiger partial charge in [0.15, 0.2) is 0 Å². The second-order valence-electron chi connectivity index (χ2n) is 5.53. The van der Waals surface area contributed by atoms with E-state index in [0.717, 1.165) is 24.8 Å². The Morgan fingerprint density at radius 3 is 2.28 bits per heavy atom. The Morgan fingerprint density at radius 2 is 1.83 bits per heavy atom. The summed E-state index contributed by atoms with van der Waals surface area (Å²) in [5.74, 6) is -0.915. The molecule has 1 aliphatic carbocycles. The van der Waals surface area contributed by atoms with Gasteiger partial charge in [0, 0.05) is 20.0 Å². The average molecular weight is 253 g/mol. The first-order valence-corrected chi connectivity index (χ1v) is 6.49. The summed E-state index contributed by atoms with van der Waals surface area (Å²) in [7, 11) is 1.70. The molecule has 1 N–H and O–H groups in total. The fourth-order valence-electron chi connectivity index (χ4n) is 2.61. The van der Waals surface area contributed by atoms with Crippen LogP contribution < -0.4 is 0 Å². The van der Waals surface area contributed by atoms with Crippen molar-refractivity contribution in [2.75, 3.05) is 13.6 Å². The van der Waals surface area contributed by atoms with Gasteiger partial charge in [-0.25, -0.2) is 0 Å². The lowest BCUT2D eigenvalue weighted by Crippen LogP contribution is -2.40. The first kappa shape index (κ1) is 14.7. The molecule has 1 fully saturated rings. The van der Waals surface area contributed by atoms with Gasteiger partial charge in [-0.1, -0.05) is 31.4 Å². The maximum atomic E-state index is 12.1. The van der Waals surface area contributed by atoms with Gasteiger partial charge in [-0.2, -0.15) is 0 Å². The second-order valence-corrected chi connectivity index (χ2v) is 5.53. The molecule has 0 heterocycles. The summed E-state index contributed by atoms with van der Waals surface area (Å²) in [6.45, 7) is 6.12. The highest BCUT2D eigenvalue weighted by Crippen LogP contribution is 2.40. The Morgan fingerprint density at radius 1 is 1.28 bits per heavy atom. The maximum absolute atomic E-state index is 12.1. The number of likely N-dealkylation sites (N-methyl/N-ethyl adjacent to an activating group) is 1. The highest BCUT2D eigenvalue weighted by Gasteiger charge is 2.41. The number of carboxylic acids is 1. The van der Waals surface area contributed by atoms with Crippen molar-refractivity contribution in [3.63, 3.8) is 0 Å². The van der Waals surface area contributed by atoms with Gasteiger partial charge in [-0.3, -0.25) is 9.59 Å². The van der Waals surface area contributed by atoms with E-state index in [-0.39, 0.29) is 12.3 Å². The van der Waals surface area contributed by atoms with Crippen molar-refractivity contribution in [1.82, 2.24) is 4.90 Å². The number of hydrogen-bond acceptors (Lipinski definition) is 2. The molecule has 0 aromatic carbocycles. The molecule has 0 aromatic heterocycles. The fourth-order valence-corrected chi connectivity index (χ4v) is 2.61. The van der Waals surface area contributed by atoms with Gasteiger partial charge in [0.2, 0.25) is 5.91 Å². The SMILES string of the molecule is C=C(C)CN(C)C(=O)CC1(C(=O)O)CCCCC1. The van der Waals surface area contributed by atoms with Crippen molar-refractivity contribution in [2.24, 2.45) is 5.41 Å². The molecule has 1 aliphatic rings. The van der Waals surface area contributed by atoms with Crippen LogP contribution in [0, 0.1) is 5.41 Å². The number of nitrogens with zero attached hydrogens (tertiary/aromatic N) is 1. The Hall–Kier alpha value is -1.32. The second kappa shape index (κ2) is 6.03. The third-order valence-corrected chi connectivity index (χ3v) is 3.69. The molecule has 0 aliphatic heterocycles.